The van der Waals surface area contributed by atoms with Crippen LogP contribution < -0.4 is 0 Å². The van der Waals surface area contributed by atoms with Gasteiger partial charge < -0.3 is 9.47 Å². The maximum atomic E-state index is 13.0. The third kappa shape index (κ3) is 2.46. The number of benzene rings is 1. The molecular formula is C19H23N3O. The molecule has 1 fully saturated rings. The Morgan fingerprint density at radius 1 is 1.22 bits per heavy atom. The van der Waals surface area contributed by atoms with Crippen molar-refractivity contribution in [2.75, 3.05) is 6.54 Å². The van der Waals surface area contributed by atoms with Gasteiger partial charge in [-0.15, -0.1) is 0 Å². The van der Waals surface area contributed by atoms with Gasteiger partial charge in [-0.2, -0.15) is 0 Å². The van der Waals surface area contributed by atoms with Gasteiger partial charge in [-0.1, -0.05) is 24.3 Å². The highest BCUT2D eigenvalue weighted by atomic mass is 16.2. The van der Waals surface area contributed by atoms with Crippen molar-refractivity contribution >= 4 is 16.9 Å². The van der Waals surface area contributed by atoms with Crippen LogP contribution in [0, 0.1) is 5.92 Å². The lowest BCUT2D eigenvalue weighted by atomic mass is 9.93. The first-order valence-electron chi connectivity index (χ1n) is 8.62. The zero-order valence-corrected chi connectivity index (χ0v) is 13.6. The van der Waals surface area contributed by atoms with E-state index in [0.717, 1.165) is 55.5 Å². The fraction of sp³-hybridized carbons (Fsp3) is 0.474. The topological polar surface area (TPSA) is 38.1 Å². The largest absolute Gasteiger partial charge is 0.332 e. The van der Waals surface area contributed by atoms with Crippen LogP contribution in [0.15, 0.2) is 36.4 Å². The summed E-state index contributed by atoms with van der Waals surface area (Å²) in [5.41, 5.74) is 2.16. The molecule has 1 aliphatic heterocycles. The lowest BCUT2D eigenvalue weighted by Crippen LogP contribution is -2.36. The van der Waals surface area contributed by atoms with Crippen LogP contribution in [0.4, 0.5) is 0 Å². The van der Waals surface area contributed by atoms with Gasteiger partial charge in [0, 0.05) is 19.5 Å². The second-order valence-corrected chi connectivity index (χ2v) is 6.69. The van der Waals surface area contributed by atoms with Crippen LogP contribution in [0.3, 0.4) is 0 Å². The van der Waals surface area contributed by atoms with Crippen LogP contribution in [-0.2, 0) is 11.8 Å². The number of rotatable bonds is 2. The van der Waals surface area contributed by atoms with E-state index in [4.69, 9.17) is 4.98 Å². The first-order chi connectivity index (χ1) is 11.3. The second kappa shape index (κ2) is 5.84. The zero-order valence-electron chi connectivity index (χ0n) is 13.6. The Morgan fingerprint density at radius 2 is 2.09 bits per heavy atom. The van der Waals surface area contributed by atoms with E-state index in [0.29, 0.717) is 5.91 Å². The standard InChI is InChI=1S/C19H23N3O/c1-21-16-11-6-5-10-15(16)20-18(21)17-12-7-13-22(17)19(23)14-8-3-2-4-9-14/h2-3,5-6,10-11,14,17H,4,7-9,12-13H2,1H3/t14-,17+/m1/s1. The molecule has 0 saturated carbocycles. The fourth-order valence-corrected chi connectivity index (χ4v) is 4.01. The summed E-state index contributed by atoms with van der Waals surface area (Å²) in [5, 5.41) is 0. The molecule has 1 saturated heterocycles. The maximum Gasteiger partial charge on any atom is 0.226 e. The number of nitrogens with zero attached hydrogens (tertiary/aromatic N) is 3. The molecule has 4 heteroatoms. The number of para-hydroxylation sites is 2. The van der Waals surface area contributed by atoms with Crippen molar-refractivity contribution in [2.45, 2.75) is 38.1 Å². The molecule has 2 aliphatic rings. The molecule has 2 aromatic rings. The number of likely N-dealkylation sites (tertiary alicyclic amines) is 1. The maximum absolute atomic E-state index is 13.0. The Labute approximate surface area is 136 Å². The normalized spacial score (nSPS) is 24.5. The number of allylic oxidation sites excluding steroid dienone is 2. The van der Waals surface area contributed by atoms with Gasteiger partial charge in [-0.05, 0) is 44.2 Å². The first-order valence-corrected chi connectivity index (χ1v) is 8.62. The number of amides is 1. The third-order valence-corrected chi connectivity index (χ3v) is 5.27. The van der Waals surface area contributed by atoms with E-state index < -0.39 is 0 Å². The number of aryl methyl sites for hydroxylation is 1. The molecule has 0 bridgehead atoms. The van der Waals surface area contributed by atoms with Gasteiger partial charge in [0.05, 0.1) is 17.1 Å². The molecule has 1 amide bonds. The summed E-state index contributed by atoms with van der Waals surface area (Å²) in [6.45, 7) is 0.868. The van der Waals surface area contributed by atoms with E-state index in [-0.39, 0.29) is 12.0 Å². The summed E-state index contributed by atoms with van der Waals surface area (Å²) >= 11 is 0. The Morgan fingerprint density at radius 3 is 2.87 bits per heavy atom. The quantitative estimate of drug-likeness (QED) is 0.795. The average molecular weight is 309 g/mol. The predicted molar refractivity (Wildman–Crippen MR) is 90.9 cm³/mol. The van der Waals surface area contributed by atoms with Crippen LogP contribution in [0.5, 0.6) is 0 Å². The van der Waals surface area contributed by atoms with Crippen molar-refractivity contribution in [2.24, 2.45) is 13.0 Å². The number of carbonyl (C=O) groups excluding carboxylic acids is 1. The Bertz CT molecular complexity index is 761. The summed E-state index contributed by atoms with van der Waals surface area (Å²) in [4.78, 5) is 19.9. The number of fused-ring (bicyclic) bond motifs is 1. The number of carbonyl (C=O) groups is 1. The second-order valence-electron chi connectivity index (χ2n) is 6.69. The van der Waals surface area contributed by atoms with Gasteiger partial charge in [0.25, 0.3) is 0 Å². The van der Waals surface area contributed by atoms with Crippen LogP contribution >= 0.6 is 0 Å². The van der Waals surface area contributed by atoms with Crippen molar-refractivity contribution in [3.05, 3.63) is 42.2 Å². The molecule has 0 unspecified atom stereocenters. The van der Waals surface area contributed by atoms with E-state index in [1.807, 2.05) is 18.2 Å². The molecule has 120 valence electrons. The first kappa shape index (κ1) is 14.5. The number of imidazole rings is 1. The fourth-order valence-electron chi connectivity index (χ4n) is 4.01. The number of hydrogen-bond donors (Lipinski definition) is 0. The average Bonchev–Trinajstić information content (AvgIpc) is 3.20. The Balaban J connectivity index is 1.65. The number of aromatic nitrogens is 2. The minimum Gasteiger partial charge on any atom is -0.332 e. The molecule has 0 radical (unpaired) electrons. The van der Waals surface area contributed by atoms with E-state index in [2.05, 4.69) is 34.7 Å². The van der Waals surface area contributed by atoms with Gasteiger partial charge in [0.15, 0.2) is 0 Å². The minimum atomic E-state index is 0.130. The molecule has 1 aromatic heterocycles. The highest BCUT2D eigenvalue weighted by Crippen LogP contribution is 2.35. The van der Waals surface area contributed by atoms with Crippen molar-refractivity contribution in [3.63, 3.8) is 0 Å². The zero-order chi connectivity index (χ0) is 15.8. The smallest absolute Gasteiger partial charge is 0.226 e. The van der Waals surface area contributed by atoms with Crippen molar-refractivity contribution < 1.29 is 4.79 Å². The molecule has 2 heterocycles. The molecule has 1 aliphatic carbocycles. The van der Waals surface area contributed by atoms with Crippen molar-refractivity contribution in [1.29, 1.82) is 0 Å². The predicted octanol–water partition coefficient (Wildman–Crippen LogP) is 3.59. The van der Waals surface area contributed by atoms with Crippen LogP contribution in [0.1, 0.15) is 44.0 Å². The van der Waals surface area contributed by atoms with E-state index >= 15 is 0 Å². The third-order valence-electron chi connectivity index (χ3n) is 5.27. The highest BCUT2D eigenvalue weighted by Gasteiger charge is 2.36. The van der Waals surface area contributed by atoms with Gasteiger partial charge in [-0.25, -0.2) is 4.98 Å². The molecule has 4 nitrogen and oxygen atoms in total. The number of hydrogen-bond acceptors (Lipinski definition) is 2. The van der Waals surface area contributed by atoms with Crippen LogP contribution in [0.25, 0.3) is 11.0 Å². The van der Waals surface area contributed by atoms with Crippen LogP contribution in [-0.4, -0.2) is 26.9 Å². The molecule has 4 rings (SSSR count). The summed E-state index contributed by atoms with van der Waals surface area (Å²) in [6.07, 6.45) is 9.35. The summed E-state index contributed by atoms with van der Waals surface area (Å²) in [5.74, 6) is 1.52. The minimum absolute atomic E-state index is 0.130. The SMILES string of the molecule is Cn1c([C@@H]2CCCN2C(=O)[C@@H]2CC=CCC2)nc2ccccc21. The molecule has 1 aromatic carbocycles. The monoisotopic (exact) mass is 309 g/mol. The molecule has 0 spiro atoms. The Hall–Kier alpha value is -2.10. The van der Waals surface area contributed by atoms with Crippen LogP contribution in [0.2, 0.25) is 0 Å². The van der Waals surface area contributed by atoms with E-state index in [1.54, 1.807) is 0 Å². The van der Waals surface area contributed by atoms with Crippen molar-refractivity contribution in [1.82, 2.24) is 14.5 Å². The van der Waals surface area contributed by atoms with Gasteiger partial charge >= 0.3 is 0 Å². The Kier molecular flexibility index (Phi) is 3.68. The van der Waals surface area contributed by atoms with Gasteiger partial charge in [0.2, 0.25) is 5.91 Å². The molecule has 0 N–H and O–H groups in total. The molecule has 2 atom stereocenters. The van der Waals surface area contributed by atoms with E-state index in [1.165, 1.54) is 0 Å². The highest BCUT2D eigenvalue weighted by molar-refractivity contribution is 5.80. The summed E-state index contributed by atoms with van der Waals surface area (Å²) in [6, 6.07) is 8.33. The lowest BCUT2D eigenvalue weighted by molar-refractivity contribution is -0.136. The summed E-state index contributed by atoms with van der Waals surface area (Å²) in [7, 11) is 2.06. The molecular weight excluding hydrogens is 286 g/mol. The lowest BCUT2D eigenvalue weighted by Gasteiger charge is -2.29. The summed E-state index contributed by atoms with van der Waals surface area (Å²) < 4.78 is 2.16. The van der Waals surface area contributed by atoms with Gasteiger partial charge in [-0.3, -0.25) is 4.79 Å². The van der Waals surface area contributed by atoms with Crippen molar-refractivity contribution in [3.8, 4) is 0 Å². The molecule has 23 heavy (non-hydrogen) atoms. The van der Waals surface area contributed by atoms with Gasteiger partial charge in [0.1, 0.15) is 5.82 Å². The van der Waals surface area contributed by atoms with E-state index in [9.17, 15) is 4.79 Å².